The largest absolute Gasteiger partial charge is 0.497 e. The highest BCUT2D eigenvalue weighted by molar-refractivity contribution is 7.16. The second-order valence-corrected chi connectivity index (χ2v) is 7.70. The van der Waals surface area contributed by atoms with Gasteiger partial charge in [0.25, 0.3) is 0 Å². The normalized spacial score (nSPS) is 18.4. The lowest BCUT2D eigenvalue weighted by atomic mass is 10.1. The standard InChI is InChI=1S/C21H20N2O2S/c1-13-19(15-8-10-16(25-2)11-9-15)22-21(26-13)23-20(24)18-12-17(18)14-6-4-3-5-7-14/h3-11,17-18H,12H2,1-2H3,(H,22,23,24)/t17-,18-/m1/s1. The zero-order chi connectivity index (χ0) is 18.1. The zero-order valence-electron chi connectivity index (χ0n) is 14.7. The number of hydrogen-bond acceptors (Lipinski definition) is 4. The van der Waals surface area contributed by atoms with Crippen LogP contribution in [0.2, 0.25) is 0 Å². The number of carbonyl (C=O) groups is 1. The van der Waals surface area contributed by atoms with Crippen LogP contribution >= 0.6 is 11.3 Å². The van der Waals surface area contributed by atoms with Gasteiger partial charge >= 0.3 is 0 Å². The molecule has 1 aromatic heterocycles. The molecule has 2 aromatic carbocycles. The number of ether oxygens (including phenoxy) is 1. The Labute approximate surface area is 156 Å². The van der Waals surface area contributed by atoms with Crippen LogP contribution in [0.15, 0.2) is 54.6 Å². The Morgan fingerprint density at radius 3 is 2.58 bits per heavy atom. The number of methoxy groups -OCH3 is 1. The number of anilines is 1. The second-order valence-electron chi connectivity index (χ2n) is 6.50. The van der Waals surface area contributed by atoms with E-state index in [1.165, 1.54) is 16.9 Å². The molecule has 3 aromatic rings. The molecule has 2 atom stereocenters. The van der Waals surface area contributed by atoms with Crippen molar-refractivity contribution in [1.82, 2.24) is 4.98 Å². The van der Waals surface area contributed by atoms with Crippen molar-refractivity contribution in [1.29, 1.82) is 0 Å². The third-order valence-electron chi connectivity index (χ3n) is 4.75. The van der Waals surface area contributed by atoms with E-state index in [1.807, 2.05) is 49.4 Å². The second kappa shape index (κ2) is 6.92. The highest BCUT2D eigenvalue weighted by atomic mass is 32.1. The van der Waals surface area contributed by atoms with Crippen molar-refractivity contribution in [2.75, 3.05) is 12.4 Å². The van der Waals surface area contributed by atoms with Gasteiger partial charge in [-0.1, -0.05) is 30.3 Å². The van der Waals surface area contributed by atoms with E-state index in [1.54, 1.807) is 7.11 Å². The summed E-state index contributed by atoms with van der Waals surface area (Å²) < 4.78 is 5.20. The third-order valence-corrected chi connectivity index (χ3v) is 5.63. The molecule has 1 heterocycles. The van der Waals surface area contributed by atoms with Crippen LogP contribution in [0.3, 0.4) is 0 Å². The lowest BCUT2D eigenvalue weighted by Crippen LogP contribution is -2.14. The highest BCUT2D eigenvalue weighted by Crippen LogP contribution is 2.48. The fourth-order valence-electron chi connectivity index (χ4n) is 3.22. The average molecular weight is 364 g/mol. The van der Waals surface area contributed by atoms with Gasteiger partial charge in [-0.05, 0) is 49.1 Å². The number of aryl methyl sites for hydroxylation is 1. The number of rotatable bonds is 5. The first-order valence-electron chi connectivity index (χ1n) is 8.63. The maximum atomic E-state index is 12.5. The van der Waals surface area contributed by atoms with Gasteiger partial charge in [-0.2, -0.15) is 0 Å². The van der Waals surface area contributed by atoms with E-state index in [0.717, 1.165) is 28.3 Å². The smallest absolute Gasteiger partial charge is 0.229 e. The number of thiazole rings is 1. The van der Waals surface area contributed by atoms with E-state index in [4.69, 9.17) is 4.74 Å². The van der Waals surface area contributed by atoms with Gasteiger partial charge in [0.05, 0.1) is 12.8 Å². The van der Waals surface area contributed by atoms with Gasteiger partial charge in [0.1, 0.15) is 5.75 Å². The summed E-state index contributed by atoms with van der Waals surface area (Å²) in [5, 5.41) is 3.66. The molecule has 1 fully saturated rings. The molecule has 0 spiro atoms. The minimum atomic E-state index is 0.0473. The van der Waals surface area contributed by atoms with Crippen molar-refractivity contribution in [3.8, 4) is 17.0 Å². The molecular formula is C21H20N2O2S. The van der Waals surface area contributed by atoms with Crippen molar-refractivity contribution in [3.63, 3.8) is 0 Å². The number of nitrogens with zero attached hydrogens (tertiary/aromatic N) is 1. The molecule has 1 amide bonds. The molecule has 5 heteroatoms. The Hall–Kier alpha value is -2.66. The Morgan fingerprint density at radius 2 is 1.88 bits per heavy atom. The van der Waals surface area contributed by atoms with Crippen molar-refractivity contribution in [2.24, 2.45) is 5.92 Å². The molecule has 0 saturated heterocycles. The van der Waals surface area contributed by atoms with E-state index in [0.29, 0.717) is 11.0 Å². The van der Waals surface area contributed by atoms with Crippen LogP contribution < -0.4 is 10.1 Å². The molecule has 1 N–H and O–H groups in total. The monoisotopic (exact) mass is 364 g/mol. The van der Waals surface area contributed by atoms with Crippen LogP contribution in [-0.2, 0) is 4.79 Å². The maximum Gasteiger partial charge on any atom is 0.229 e. The van der Waals surface area contributed by atoms with E-state index in [9.17, 15) is 4.79 Å². The molecule has 0 unspecified atom stereocenters. The first-order valence-corrected chi connectivity index (χ1v) is 9.45. The van der Waals surface area contributed by atoms with Gasteiger partial charge < -0.3 is 10.1 Å². The van der Waals surface area contributed by atoms with E-state index < -0.39 is 0 Å². The quantitative estimate of drug-likeness (QED) is 0.703. The molecule has 0 radical (unpaired) electrons. The van der Waals surface area contributed by atoms with Crippen LogP contribution in [-0.4, -0.2) is 18.0 Å². The maximum absolute atomic E-state index is 12.5. The van der Waals surface area contributed by atoms with Crippen molar-refractivity contribution >= 4 is 22.4 Å². The number of aromatic nitrogens is 1. The number of benzene rings is 2. The van der Waals surface area contributed by atoms with Crippen molar-refractivity contribution < 1.29 is 9.53 Å². The molecule has 4 nitrogen and oxygen atoms in total. The van der Waals surface area contributed by atoms with E-state index in [-0.39, 0.29) is 11.8 Å². The Balaban J connectivity index is 1.45. The molecular weight excluding hydrogens is 344 g/mol. The van der Waals surface area contributed by atoms with Crippen molar-refractivity contribution in [3.05, 3.63) is 65.0 Å². The Morgan fingerprint density at radius 1 is 1.15 bits per heavy atom. The minimum absolute atomic E-state index is 0.0473. The molecule has 0 aliphatic heterocycles. The predicted octanol–water partition coefficient (Wildman–Crippen LogP) is 4.87. The summed E-state index contributed by atoms with van der Waals surface area (Å²) in [4.78, 5) is 18.3. The lowest BCUT2D eigenvalue weighted by Gasteiger charge is -2.02. The summed E-state index contributed by atoms with van der Waals surface area (Å²) >= 11 is 1.52. The van der Waals surface area contributed by atoms with Gasteiger partial charge in [0.15, 0.2) is 5.13 Å². The third kappa shape index (κ3) is 3.35. The summed E-state index contributed by atoms with van der Waals surface area (Å²) in [5.41, 5.74) is 3.17. The SMILES string of the molecule is COc1ccc(-c2nc(NC(=O)[C@@H]3C[C@@H]3c3ccccc3)sc2C)cc1. The number of amides is 1. The first-order chi connectivity index (χ1) is 12.7. The number of hydrogen-bond donors (Lipinski definition) is 1. The van der Waals surface area contributed by atoms with Gasteiger partial charge in [-0.15, -0.1) is 11.3 Å². The van der Waals surface area contributed by atoms with Gasteiger partial charge in [-0.25, -0.2) is 4.98 Å². The fourth-order valence-corrected chi connectivity index (χ4v) is 4.06. The van der Waals surface area contributed by atoms with Crippen molar-refractivity contribution in [2.45, 2.75) is 19.3 Å². The van der Waals surface area contributed by atoms with Crippen LogP contribution in [0, 0.1) is 12.8 Å². The minimum Gasteiger partial charge on any atom is -0.497 e. The summed E-state index contributed by atoms with van der Waals surface area (Å²) in [5.74, 6) is 1.26. The summed E-state index contributed by atoms with van der Waals surface area (Å²) in [6, 6.07) is 18.0. The molecule has 1 saturated carbocycles. The summed E-state index contributed by atoms with van der Waals surface area (Å²) in [6.45, 7) is 2.02. The van der Waals surface area contributed by atoms with E-state index >= 15 is 0 Å². The molecule has 0 bridgehead atoms. The van der Waals surface area contributed by atoms with Crippen LogP contribution in [0.4, 0.5) is 5.13 Å². The molecule has 132 valence electrons. The molecule has 26 heavy (non-hydrogen) atoms. The van der Waals surface area contributed by atoms with Gasteiger partial charge in [-0.3, -0.25) is 4.79 Å². The first kappa shape index (κ1) is 16.8. The van der Waals surface area contributed by atoms with E-state index in [2.05, 4.69) is 22.4 Å². The molecule has 1 aliphatic carbocycles. The topological polar surface area (TPSA) is 51.2 Å². The van der Waals surface area contributed by atoms with Crippen LogP contribution in [0.25, 0.3) is 11.3 Å². The number of nitrogens with one attached hydrogen (secondary N) is 1. The Bertz CT molecular complexity index is 919. The van der Waals surface area contributed by atoms with Gasteiger partial charge in [0, 0.05) is 16.4 Å². The predicted molar refractivity (Wildman–Crippen MR) is 105 cm³/mol. The lowest BCUT2D eigenvalue weighted by molar-refractivity contribution is -0.117. The fraction of sp³-hybridized carbons (Fsp3) is 0.238. The van der Waals surface area contributed by atoms with Gasteiger partial charge in [0.2, 0.25) is 5.91 Å². The summed E-state index contributed by atoms with van der Waals surface area (Å²) in [7, 11) is 1.65. The van der Waals surface area contributed by atoms with Crippen LogP contribution in [0.1, 0.15) is 22.8 Å². The molecule has 1 aliphatic rings. The summed E-state index contributed by atoms with van der Waals surface area (Å²) in [6.07, 6.45) is 0.908. The molecule has 4 rings (SSSR count). The zero-order valence-corrected chi connectivity index (χ0v) is 15.5. The Kier molecular flexibility index (Phi) is 4.47. The highest BCUT2D eigenvalue weighted by Gasteiger charge is 2.44. The number of carbonyl (C=O) groups excluding carboxylic acids is 1. The van der Waals surface area contributed by atoms with Crippen LogP contribution in [0.5, 0.6) is 5.75 Å². The average Bonchev–Trinajstić information content (AvgIpc) is 3.40.